The molecule has 0 unspecified atom stereocenters. The van der Waals surface area contributed by atoms with Crippen molar-refractivity contribution in [3.8, 4) is 0 Å². The van der Waals surface area contributed by atoms with Crippen LogP contribution in [-0.4, -0.2) is 0 Å². The lowest BCUT2D eigenvalue weighted by Crippen LogP contribution is -2.38. The number of nitrogens with two attached hydrogens (primary N) is 1. The fourth-order valence-corrected chi connectivity index (χ4v) is 2.52. The quantitative estimate of drug-likeness (QED) is 0.828. The predicted molar refractivity (Wildman–Crippen MR) is 63.1 cm³/mol. The van der Waals surface area contributed by atoms with Gasteiger partial charge in [0.2, 0.25) is 0 Å². The molecule has 2 N–H and O–H groups in total. The average Bonchev–Trinajstić information content (AvgIpc) is 2.23. The van der Waals surface area contributed by atoms with Crippen molar-refractivity contribution >= 4 is 15.9 Å². The fraction of sp³-hybridized carbons (Fsp3) is 0.500. The molecule has 0 atom stereocenters. The van der Waals surface area contributed by atoms with Gasteiger partial charge in [0.05, 0.1) is 4.47 Å². The number of rotatable bonds is 1. The third-order valence-corrected chi connectivity index (χ3v) is 3.88. The molecule has 1 aromatic rings. The lowest BCUT2D eigenvalue weighted by molar-refractivity contribution is 0.301. The highest BCUT2D eigenvalue weighted by atomic mass is 79.9. The Morgan fingerprint density at radius 3 is 2.47 bits per heavy atom. The van der Waals surface area contributed by atoms with E-state index in [0.717, 1.165) is 31.2 Å². The van der Waals surface area contributed by atoms with Crippen LogP contribution in [0.4, 0.5) is 4.39 Å². The molecule has 0 bridgehead atoms. The first-order valence-corrected chi connectivity index (χ1v) is 6.15. The zero-order valence-electron chi connectivity index (χ0n) is 8.60. The van der Waals surface area contributed by atoms with E-state index in [2.05, 4.69) is 15.9 Å². The maximum absolute atomic E-state index is 13.4. The summed E-state index contributed by atoms with van der Waals surface area (Å²) in [5, 5.41) is 0. The summed E-state index contributed by atoms with van der Waals surface area (Å²) in [7, 11) is 0. The molecule has 1 aliphatic carbocycles. The van der Waals surface area contributed by atoms with E-state index in [1.807, 2.05) is 6.07 Å². The molecule has 0 amide bonds. The highest BCUT2D eigenvalue weighted by Gasteiger charge is 2.29. The second kappa shape index (κ2) is 4.22. The molecule has 82 valence electrons. The molecule has 1 aromatic carbocycles. The van der Waals surface area contributed by atoms with E-state index in [1.165, 1.54) is 6.42 Å². The van der Waals surface area contributed by atoms with Crippen LogP contribution in [0.2, 0.25) is 0 Å². The van der Waals surface area contributed by atoms with Crippen LogP contribution in [0, 0.1) is 5.82 Å². The summed E-state index contributed by atoms with van der Waals surface area (Å²) in [6, 6.07) is 5.24. The van der Waals surface area contributed by atoms with Crippen molar-refractivity contribution in [2.24, 2.45) is 5.73 Å². The van der Waals surface area contributed by atoms with Gasteiger partial charge in [-0.1, -0.05) is 25.3 Å². The van der Waals surface area contributed by atoms with Gasteiger partial charge >= 0.3 is 0 Å². The van der Waals surface area contributed by atoms with E-state index in [1.54, 1.807) is 12.1 Å². The molecule has 0 spiro atoms. The second-order valence-electron chi connectivity index (χ2n) is 4.35. The topological polar surface area (TPSA) is 26.0 Å². The van der Waals surface area contributed by atoms with Crippen LogP contribution in [0.15, 0.2) is 22.7 Å². The van der Waals surface area contributed by atoms with E-state index in [0.29, 0.717) is 4.47 Å². The Bertz CT molecular complexity index is 359. The van der Waals surface area contributed by atoms with Gasteiger partial charge in [-0.2, -0.15) is 0 Å². The molecular weight excluding hydrogens is 257 g/mol. The van der Waals surface area contributed by atoms with E-state index >= 15 is 0 Å². The van der Waals surface area contributed by atoms with Crippen molar-refractivity contribution in [1.82, 2.24) is 0 Å². The highest BCUT2D eigenvalue weighted by molar-refractivity contribution is 9.10. The van der Waals surface area contributed by atoms with Gasteiger partial charge in [-0.3, -0.25) is 0 Å². The zero-order chi connectivity index (χ0) is 10.9. The fourth-order valence-electron chi connectivity index (χ4n) is 2.28. The van der Waals surface area contributed by atoms with Gasteiger partial charge in [0.15, 0.2) is 0 Å². The maximum Gasteiger partial charge on any atom is 0.137 e. The van der Waals surface area contributed by atoms with E-state index in [9.17, 15) is 4.39 Å². The van der Waals surface area contributed by atoms with Gasteiger partial charge in [-0.15, -0.1) is 0 Å². The van der Waals surface area contributed by atoms with Crippen LogP contribution in [0.25, 0.3) is 0 Å². The van der Waals surface area contributed by atoms with Crippen molar-refractivity contribution in [2.75, 3.05) is 0 Å². The summed E-state index contributed by atoms with van der Waals surface area (Å²) < 4.78 is 13.9. The van der Waals surface area contributed by atoms with E-state index in [4.69, 9.17) is 5.73 Å². The van der Waals surface area contributed by atoms with Crippen molar-refractivity contribution in [3.63, 3.8) is 0 Å². The van der Waals surface area contributed by atoms with E-state index in [-0.39, 0.29) is 11.4 Å². The Morgan fingerprint density at radius 2 is 1.87 bits per heavy atom. The third-order valence-electron chi connectivity index (χ3n) is 3.24. The largest absolute Gasteiger partial charge is 0.321 e. The first-order valence-electron chi connectivity index (χ1n) is 5.36. The molecule has 3 heteroatoms. The van der Waals surface area contributed by atoms with Crippen LogP contribution >= 0.6 is 15.9 Å². The van der Waals surface area contributed by atoms with E-state index < -0.39 is 0 Å². The smallest absolute Gasteiger partial charge is 0.137 e. The molecule has 0 heterocycles. The Balaban J connectivity index is 2.31. The standard InChI is InChI=1S/C12H15BrFN/c13-10-5-4-9(8-11(10)14)12(15)6-2-1-3-7-12/h4-5,8H,1-3,6-7,15H2. The average molecular weight is 272 g/mol. The minimum Gasteiger partial charge on any atom is -0.321 e. The molecule has 1 saturated carbocycles. The predicted octanol–water partition coefficient (Wildman–Crippen LogP) is 3.71. The Morgan fingerprint density at radius 1 is 1.20 bits per heavy atom. The molecular formula is C12H15BrFN. The zero-order valence-corrected chi connectivity index (χ0v) is 10.2. The highest BCUT2D eigenvalue weighted by Crippen LogP contribution is 2.35. The van der Waals surface area contributed by atoms with Gasteiger partial charge in [0, 0.05) is 5.54 Å². The lowest BCUT2D eigenvalue weighted by atomic mass is 9.77. The Kier molecular flexibility index (Phi) is 3.12. The molecule has 2 rings (SSSR count). The first kappa shape index (κ1) is 11.1. The summed E-state index contributed by atoms with van der Waals surface area (Å²) >= 11 is 3.16. The number of hydrogen-bond donors (Lipinski definition) is 1. The Hall–Kier alpha value is -0.410. The number of hydrogen-bond acceptors (Lipinski definition) is 1. The van der Waals surface area contributed by atoms with Crippen molar-refractivity contribution in [2.45, 2.75) is 37.6 Å². The summed E-state index contributed by atoms with van der Waals surface area (Å²) in [5.41, 5.74) is 6.94. The van der Waals surface area contributed by atoms with Crippen molar-refractivity contribution in [3.05, 3.63) is 34.1 Å². The molecule has 0 radical (unpaired) electrons. The van der Waals surface area contributed by atoms with Crippen LogP contribution in [0.3, 0.4) is 0 Å². The molecule has 1 fully saturated rings. The van der Waals surface area contributed by atoms with Crippen LogP contribution in [0.5, 0.6) is 0 Å². The minimum atomic E-state index is -0.306. The molecule has 0 saturated heterocycles. The summed E-state index contributed by atoms with van der Waals surface area (Å²) in [5.74, 6) is -0.220. The Labute approximate surface area is 98.0 Å². The van der Waals surface area contributed by atoms with Gasteiger partial charge in [0.25, 0.3) is 0 Å². The van der Waals surface area contributed by atoms with Crippen LogP contribution < -0.4 is 5.73 Å². The van der Waals surface area contributed by atoms with Gasteiger partial charge < -0.3 is 5.73 Å². The van der Waals surface area contributed by atoms with Gasteiger partial charge in [0.1, 0.15) is 5.82 Å². The minimum absolute atomic E-state index is 0.220. The van der Waals surface area contributed by atoms with Crippen molar-refractivity contribution < 1.29 is 4.39 Å². The molecule has 15 heavy (non-hydrogen) atoms. The summed E-state index contributed by atoms with van der Waals surface area (Å²) in [6.45, 7) is 0. The van der Waals surface area contributed by atoms with Gasteiger partial charge in [-0.05, 0) is 46.5 Å². The maximum atomic E-state index is 13.4. The second-order valence-corrected chi connectivity index (χ2v) is 5.20. The SMILES string of the molecule is NC1(c2ccc(Br)c(F)c2)CCCCC1. The number of benzene rings is 1. The summed E-state index contributed by atoms with van der Waals surface area (Å²) in [6.07, 6.45) is 5.47. The number of halogens is 2. The summed E-state index contributed by atoms with van der Waals surface area (Å²) in [4.78, 5) is 0. The first-order chi connectivity index (χ1) is 7.12. The van der Waals surface area contributed by atoms with Gasteiger partial charge in [-0.25, -0.2) is 4.39 Å². The lowest BCUT2D eigenvalue weighted by Gasteiger charge is -2.34. The molecule has 1 aliphatic rings. The van der Waals surface area contributed by atoms with Crippen LogP contribution in [-0.2, 0) is 5.54 Å². The molecule has 1 nitrogen and oxygen atoms in total. The van der Waals surface area contributed by atoms with Crippen LogP contribution in [0.1, 0.15) is 37.7 Å². The normalized spacial score (nSPS) is 20.2. The third kappa shape index (κ3) is 2.23. The monoisotopic (exact) mass is 271 g/mol. The van der Waals surface area contributed by atoms with Crippen molar-refractivity contribution in [1.29, 1.82) is 0 Å². The molecule has 0 aliphatic heterocycles. The molecule has 0 aromatic heterocycles.